The molecule has 0 amide bonds. The van der Waals surface area contributed by atoms with Gasteiger partial charge in [0.2, 0.25) is 5.09 Å². The first-order valence-corrected chi connectivity index (χ1v) is 5.34. The van der Waals surface area contributed by atoms with E-state index in [-0.39, 0.29) is 5.09 Å². The highest BCUT2D eigenvalue weighted by molar-refractivity contribution is 7.88. The largest absolute Gasteiger partial charge is 0.452 e. The lowest BCUT2D eigenvalue weighted by atomic mass is 10.5. The van der Waals surface area contributed by atoms with E-state index in [9.17, 15) is 8.42 Å². The quantitative estimate of drug-likeness (QED) is 0.706. The van der Waals surface area contributed by atoms with Crippen LogP contribution in [0.5, 0.6) is 0 Å². The summed E-state index contributed by atoms with van der Waals surface area (Å²) in [4.78, 5) is 4.93. The molecule has 0 bridgehead atoms. The van der Waals surface area contributed by atoms with Crippen molar-refractivity contribution in [1.82, 2.24) is 4.47 Å². The molecule has 1 saturated heterocycles. The molecule has 2 heterocycles. The molecule has 5 nitrogen and oxygen atoms in total. The molecule has 0 aromatic carbocycles. The van der Waals surface area contributed by atoms with Crippen molar-refractivity contribution in [3.05, 3.63) is 18.4 Å². The molecule has 0 N–H and O–H groups in total. The molecule has 1 fully saturated rings. The van der Waals surface area contributed by atoms with E-state index < -0.39 is 10.0 Å². The molecule has 0 spiro atoms. The molecule has 0 saturated carbocycles. The molecule has 0 unspecified atom stereocenters. The van der Waals surface area contributed by atoms with E-state index >= 15 is 0 Å². The van der Waals surface area contributed by atoms with Crippen molar-refractivity contribution in [1.29, 1.82) is 0 Å². The molecule has 1 aliphatic heterocycles. The van der Waals surface area contributed by atoms with Crippen molar-refractivity contribution in [2.75, 3.05) is 13.2 Å². The van der Waals surface area contributed by atoms with Crippen LogP contribution in [0.15, 0.2) is 27.9 Å². The van der Waals surface area contributed by atoms with E-state index in [0.717, 1.165) is 10.9 Å². The number of rotatable bonds is 2. The van der Waals surface area contributed by atoms with Gasteiger partial charge in [-0.25, -0.2) is 8.42 Å². The molecule has 6 heteroatoms. The van der Waals surface area contributed by atoms with Crippen molar-refractivity contribution < 1.29 is 17.7 Å². The lowest BCUT2D eigenvalue weighted by Crippen LogP contribution is -2.26. The highest BCUT2D eigenvalue weighted by Crippen LogP contribution is 2.19. The summed E-state index contributed by atoms with van der Waals surface area (Å²) >= 11 is 0. The van der Waals surface area contributed by atoms with Gasteiger partial charge in [0.25, 0.3) is 10.0 Å². The third-order valence-corrected chi connectivity index (χ3v) is 3.30. The van der Waals surface area contributed by atoms with Gasteiger partial charge in [-0.1, -0.05) is 4.47 Å². The van der Waals surface area contributed by atoms with Crippen LogP contribution in [0.25, 0.3) is 0 Å². The Kier molecular flexibility index (Phi) is 2.10. The molecular weight excluding hydrogens is 194 g/mol. The van der Waals surface area contributed by atoms with E-state index in [1.165, 1.54) is 18.4 Å². The second-order valence-electron chi connectivity index (χ2n) is 2.65. The number of hydroxylamine groups is 1. The summed E-state index contributed by atoms with van der Waals surface area (Å²) < 4.78 is 29.0. The van der Waals surface area contributed by atoms with Crippen LogP contribution in [-0.4, -0.2) is 26.0 Å². The number of furan rings is 1. The van der Waals surface area contributed by atoms with Crippen molar-refractivity contribution in [2.24, 2.45) is 0 Å². The summed E-state index contributed by atoms with van der Waals surface area (Å²) in [5, 5.41) is -0.0746. The van der Waals surface area contributed by atoms with Gasteiger partial charge >= 0.3 is 0 Å². The van der Waals surface area contributed by atoms with Gasteiger partial charge in [0.05, 0.1) is 12.9 Å². The van der Waals surface area contributed by atoms with Crippen molar-refractivity contribution in [3.8, 4) is 0 Å². The Morgan fingerprint density at radius 3 is 2.85 bits per heavy atom. The molecule has 2 rings (SSSR count). The predicted molar refractivity (Wildman–Crippen MR) is 43.2 cm³/mol. The number of hydrogen-bond acceptors (Lipinski definition) is 4. The van der Waals surface area contributed by atoms with Gasteiger partial charge in [-0.3, -0.25) is 4.84 Å². The van der Waals surface area contributed by atoms with Gasteiger partial charge < -0.3 is 4.42 Å². The summed E-state index contributed by atoms with van der Waals surface area (Å²) in [7, 11) is -3.55. The van der Waals surface area contributed by atoms with E-state index in [0.29, 0.717) is 13.2 Å². The zero-order chi connectivity index (χ0) is 9.31. The van der Waals surface area contributed by atoms with Gasteiger partial charge in [0.15, 0.2) is 0 Å². The Morgan fingerprint density at radius 1 is 1.46 bits per heavy atom. The summed E-state index contributed by atoms with van der Waals surface area (Å²) in [6, 6.07) is 2.93. The Bertz CT molecular complexity index is 363. The maximum absolute atomic E-state index is 11.6. The molecule has 0 atom stereocenters. The van der Waals surface area contributed by atoms with Crippen LogP contribution >= 0.6 is 0 Å². The average Bonchev–Trinajstić information content (AvgIpc) is 2.78. The zero-order valence-corrected chi connectivity index (χ0v) is 7.66. The minimum Gasteiger partial charge on any atom is -0.452 e. The standard InChI is InChI=1S/C7H9NO4S/c9-13(10,7-3-1-5-11-7)8-4-2-6-12-8/h1,3,5H,2,4,6H2. The third kappa shape index (κ3) is 1.48. The van der Waals surface area contributed by atoms with Gasteiger partial charge in [0, 0.05) is 6.54 Å². The van der Waals surface area contributed by atoms with Crippen LogP contribution in [0.4, 0.5) is 0 Å². The van der Waals surface area contributed by atoms with Crippen molar-refractivity contribution >= 4 is 10.0 Å². The second-order valence-corrected chi connectivity index (χ2v) is 4.41. The number of sulfonamides is 1. The van der Waals surface area contributed by atoms with Gasteiger partial charge in [0.1, 0.15) is 0 Å². The van der Waals surface area contributed by atoms with Crippen LogP contribution in [0, 0.1) is 0 Å². The van der Waals surface area contributed by atoms with Crippen molar-refractivity contribution in [3.63, 3.8) is 0 Å². The molecule has 0 aliphatic carbocycles. The van der Waals surface area contributed by atoms with E-state index in [2.05, 4.69) is 0 Å². The van der Waals surface area contributed by atoms with Crippen molar-refractivity contribution in [2.45, 2.75) is 11.5 Å². The van der Waals surface area contributed by atoms with E-state index in [4.69, 9.17) is 9.25 Å². The summed E-state index contributed by atoms with van der Waals surface area (Å²) in [6.07, 6.45) is 2.04. The van der Waals surface area contributed by atoms with Gasteiger partial charge in [-0.05, 0) is 18.6 Å². The summed E-state index contributed by atoms with van der Waals surface area (Å²) in [5.74, 6) is 0. The van der Waals surface area contributed by atoms with Gasteiger partial charge in [-0.2, -0.15) is 0 Å². The van der Waals surface area contributed by atoms with Crippen LogP contribution in [0.2, 0.25) is 0 Å². The first-order chi connectivity index (χ1) is 6.21. The summed E-state index contributed by atoms with van der Waals surface area (Å²) in [5.41, 5.74) is 0. The maximum atomic E-state index is 11.6. The fraction of sp³-hybridized carbons (Fsp3) is 0.429. The average molecular weight is 203 g/mol. The molecular formula is C7H9NO4S. The minimum atomic E-state index is -3.55. The first kappa shape index (κ1) is 8.74. The second kappa shape index (κ2) is 3.13. The Balaban J connectivity index is 2.30. The fourth-order valence-corrected chi connectivity index (χ4v) is 2.34. The lowest BCUT2D eigenvalue weighted by Gasteiger charge is -2.11. The molecule has 1 aromatic heterocycles. The van der Waals surface area contributed by atoms with E-state index in [1.807, 2.05) is 0 Å². The Morgan fingerprint density at radius 2 is 2.31 bits per heavy atom. The minimum absolute atomic E-state index is 0.0746. The topological polar surface area (TPSA) is 59.8 Å². The Labute approximate surface area is 75.9 Å². The highest BCUT2D eigenvalue weighted by Gasteiger charge is 2.30. The predicted octanol–water partition coefficient (Wildman–Crippen LogP) is 0.606. The molecule has 72 valence electrons. The van der Waals surface area contributed by atoms with E-state index in [1.54, 1.807) is 0 Å². The SMILES string of the molecule is O=S(=O)(c1ccco1)N1CCCO1. The van der Waals surface area contributed by atoms with Crippen LogP contribution in [0.1, 0.15) is 6.42 Å². The molecule has 1 aromatic rings. The van der Waals surface area contributed by atoms with Crippen LogP contribution in [-0.2, 0) is 14.9 Å². The normalized spacial score (nSPS) is 19.4. The molecule has 1 aliphatic rings. The number of nitrogens with zero attached hydrogens (tertiary/aromatic N) is 1. The molecule has 0 radical (unpaired) electrons. The highest BCUT2D eigenvalue weighted by atomic mass is 32.2. The number of hydrogen-bond donors (Lipinski definition) is 0. The third-order valence-electron chi connectivity index (χ3n) is 1.74. The smallest absolute Gasteiger partial charge is 0.298 e. The Hall–Kier alpha value is -0.850. The lowest BCUT2D eigenvalue weighted by molar-refractivity contribution is -0.0296. The first-order valence-electron chi connectivity index (χ1n) is 3.90. The van der Waals surface area contributed by atoms with Crippen LogP contribution < -0.4 is 0 Å². The van der Waals surface area contributed by atoms with Crippen LogP contribution in [0.3, 0.4) is 0 Å². The monoisotopic (exact) mass is 203 g/mol. The molecule has 13 heavy (non-hydrogen) atoms. The maximum Gasteiger partial charge on any atom is 0.298 e. The van der Waals surface area contributed by atoms with Gasteiger partial charge in [-0.15, -0.1) is 0 Å². The zero-order valence-electron chi connectivity index (χ0n) is 6.84. The summed E-state index contributed by atoms with van der Waals surface area (Å²) in [6.45, 7) is 0.836. The fourth-order valence-electron chi connectivity index (χ4n) is 1.12.